The lowest BCUT2D eigenvalue weighted by atomic mass is 9.93. The molecule has 0 radical (unpaired) electrons. The first-order valence-electron chi connectivity index (χ1n) is 14.1. The number of rotatable bonds is 11. The van der Waals surface area contributed by atoms with Crippen LogP contribution in [0, 0.1) is 0 Å². The molecule has 3 rings (SSSR count). The Bertz CT molecular complexity index is 1340. The fourth-order valence-electron chi connectivity index (χ4n) is 4.13. The number of ketones is 1. The molecule has 0 bridgehead atoms. The van der Waals surface area contributed by atoms with E-state index in [1.807, 2.05) is 33.8 Å². The molecule has 2 heterocycles. The standard InChI is InChI=1S/C22H27N3O4.C9H12O.C2H6/c1-5-7-9-14-18(20-16(28-3)10-8-11-17(20)29-4)21(26)19(22(27)23-14)15-12-13(6-2)24-25-15;1-4-6-7-9(5-2)8(3)10;1-2/h8,10-11H,5-7,9,12H2,1-4H3,(H2,23,26,27);4-7H,1H2,2-3H3;1-2H3/b;7-6-,9-5+;. The van der Waals surface area contributed by atoms with E-state index in [-0.39, 0.29) is 22.7 Å². The number of hydrogen-bond acceptors (Lipinski definition) is 7. The van der Waals surface area contributed by atoms with Gasteiger partial charge in [0.1, 0.15) is 22.8 Å². The van der Waals surface area contributed by atoms with Gasteiger partial charge in [0, 0.05) is 23.4 Å². The summed E-state index contributed by atoms with van der Waals surface area (Å²) in [4.78, 5) is 26.6. The van der Waals surface area contributed by atoms with Crippen LogP contribution in [0.4, 0.5) is 0 Å². The third-order valence-corrected chi connectivity index (χ3v) is 6.23. The summed E-state index contributed by atoms with van der Waals surface area (Å²) in [7, 11) is 3.13. The topological polar surface area (TPSA) is 113 Å². The Labute approximate surface area is 244 Å². The van der Waals surface area contributed by atoms with Crippen LogP contribution in [0.3, 0.4) is 0 Å². The number of pyridine rings is 1. The molecule has 222 valence electrons. The Morgan fingerprint density at radius 1 is 1.10 bits per heavy atom. The molecule has 2 aromatic rings. The highest BCUT2D eigenvalue weighted by Crippen LogP contribution is 2.45. The summed E-state index contributed by atoms with van der Waals surface area (Å²) in [6.07, 6.45) is 10.5. The van der Waals surface area contributed by atoms with Gasteiger partial charge >= 0.3 is 0 Å². The molecule has 0 saturated carbocycles. The molecule has 8 heteroatoms. The number of Topliss-reactive ketones (excluding diaryl/α,β-unsaturated/α-hetero) is 1. The number of hydrogen-bond donors (Lipinski definition) is 2. The number of nitrogens with one attached hydrogen (secondary N) is 1. The maximum atomic E-state index is 12.9. The Morgan fingerprint density at radius 2 is 1.73 bits per heavy atom. The van der Waals surface area contributed by atoms with Gasteiger partial charge in [0.05, 0.1) is 31.1 Å². The second-order valence-electron chi connectivity index (χ2n) is 8.81. The summed E-state index contributed by atoms with van der Waals surface area (Å²) in [5, 5.41) is 19.6. The van der Waals surface area contributed by atoms with E-state index in [1.165, 1.54) is 0 Å². The summed E-state index contributed by atoms with van der Waals surface area (Å²) in [6.45, 7) is 14.9. The number of ether oxygens (including phenoxy) is 2. The van der Waals surface area contributed by atoms with E-state index in [9.17, 15) is 14.7 Å². The highest BCUT2D eigenvalue weighted by Gasteiger charge is 2.27. The van der Waals surface area contributed by atoms with Gasteiger partial charge in [-0.25, -0.2) is 0 Å². The number of carbonyl (C=O) groups is 1. The average molecular weight is 564 g/mol. The van der Waals surface area contributed by atoms with Crippen LogP contribution in [0.2, 0.25) is 0 Å². The van der Waals surface area contributed by atoms with Crippen LogP contribution in [0.15, 0.2) is 69.7 Å². The van der Waals surface area contributed by atoms with Gasteiger partial charge in [-0.05, 0) is 45.2 Å². The maximum Gasteiger partial charge on any atom is 0.261 e. The molecule has 1 aromatic carbocycles. The van der Waals surface area contributed by atoms with Crippen molar-refractivity contribution in [3.05, 3.63) is 76.3 Å². The van der Waals surface area contributed by atoms with E-state index >= 15 is 0 Å². The fraction of sp³-hybridized carbons (Fsp3) is 0.394. The van der Waals surface area contributed by atoms with Crippen LogP contribution >= 0.6 is 0 Å². The molecule has 0 fully saturated rings. The minimum atomic E-state index is -0.363. The zero-order valence-corrected chi connectivity index (χ0v) is 25.8. The number of nitrogens with zero attached hydrogens (tertiary/aromatic N) is 2. The summed E-state index contributed by atoms with van der Waals surface area (Å²) < 4.78 is 11.1. The molecule has 0 saturated heterocycles. The number of H-pyrrole nitrogens is 1. The number of unbranched alkanes of at least 4 members (excludes halogenated alkanes) is 1. The second kappa shape index (κ2) is 18.2. The second-order valence-corrected chi connectivity index (χ2v) is 8.81. The normalized spacial score (nSPS) is 12.4. The van der Waals surface area contributed by atoms with E-state index in [1.54, 1.807) is 57.6 Å². The first kappa shape index (κ1) is 34.8. The van der Waals surface area contributed by atoms with Crippen LogP contribution in [0.1, 0.15) is 78.5 Å². The SMILES string of the molecule is C=C/C=C\C(=C/C)C(C)=O.CC.CCCCc1[nH]c(=O)c(C2=NN=C(CC)C2)c(O)c1-c1c(OC)cccc1OC. The predicted octanol–water partition coefficient (Wildman–Crippen LogP) is 7.36. The quantitative estimate of drug-likeness (QED) is 0.219. The number of benzene rings is 1. The number of carbonyl (C=O) groups excluding carboxylic acids is 1. The highest BCUT2D eigenvalue weighted by molar-refractivity contribution is 6.16. The van der Waals surface area contributed by atoms with Gasteiger partial charge in [-0.15, -0.1) is 0 Å². The zero-order chi connectivity index (χ0) is 30.9. The van der Waals surface area contributed by atoms with Crippen molar-refractivity contribution in [2.45, 2.75) is 73.6 Å². The molecule has 1 aliphatic heterocycles. The molecule has 0 amide bonds. The molecule has 1 aromatic heterocycles. The smallest absolute Gasteiger partial charge is 0.261 e. The fourth-order valence-corrected chi connectivity index (χ4v) is 4.13. The van der Waals surface area contributed by atoms with Gasteiger partial charge in [0.15, 0.2) is 5.78 Å². The van der Waals surface area contributed by atoms with E-state index < -0.39 is 0 Å². The lowest BCUT2D eigenvalue weighted by molar-refractivity contribution is -0.113. The molecular formula is C33H45N3O5. The van der Waals surface area contributed by atoms with E-state index in [4.69, 9.17) is 9.47 Å². The molecule has 8 nitrogen and oxygen atoms in total. The predicted molar refractivity (Wildman–Crippen MR) is 170 cm³/mol. The third kappa shape index (κ3) is 9.17. The minimum Gasteiger partial charge on any atom is -0.506 e. The lowest BCUT2D eigenvalue weighted by Gasteiger charge is -2.19. The van der Waals surface area contributed by atoms with Gasteiger partial charge < -0.3 is 19.6 Å². The molecule has 0 aliphatic carbocycles. The lowest BCUT2D eigenvalue weighted by Crippen LogP contribution is -2.21. The molecule has 1 aliphatic rings. The molecular weight excluding hydrogens is 518 g/mol. The van der Waals surface area contributed by atoms with E-state index in [0.717, 1.165) is 30.5 Å². The Hall–Kier alpha value is -4.20. The number of aryl methyl sites for hydroxylation is 1. The van der Waals surface area contributed by atoms with E-state index in [2.05, 4.69) is 28.7 Å². The first-order valence-corrected chi connectivity index (χ1v) is 14.1. The number of aromatic hydroxyl groups is 1. The first-order chi connectivity index (χ1) is 19.8. The number of methoxy groups -OCH3 is 2. The van der Waals surface area contributed by atoms with Gasteiger partial charge in [0.2, 0.25) is 0 Å². The molecule has 2 N–H and O–H groups in total. The number of aromatic nitrogens is 1. The average Bonchev–Trinajstić information content (AvgIpc) is 3.46. The highest BCUT2D eigenvalue weighted by atomic mass is 16.5. The van der Waals surface area contributed by atoms with Crippen LogP contribution < -0.4 is 15.0 Å². The van der Waals surface area contributed by atoms with Crippen molar-refractivity contribution in [1.82, 2.24) is 4.98 Å². The number of aromatic amines is 1. The Kier molecular flexibility index (Phi) is 15.5. The molecule has 0 unspecified atom stereocenters. The monoisotopic (exact) mass is 563 g/mol. The van der Waals surface area contributed by atoms with Crippen molar-refractivity contribution in [2.75, 3.05) is 14.2 Å². The van der Waals surface area contributed by atoms with Gasteiger partial charge in [-0.3, -0.25) is 9.59 Å². The summed E-state index contributed by atoms with van der Waals surface area (Å²) in [6, 6.07) is 5.42. The summed E-state index contributed by atoms with van der Waals surface area (Å²) in [5.74, 6) is 1.07. The molecule has 0 atom stereocenters. The van der Waals surface area contributed by atoms with Crippen molar-refractivity contribution in [1.29, 1.82) is 0 Å². The minimum absolute atomic E-state index is 0.0839. The third-order valence-electron chi connectivity index (χ3n) is 6.23. The van der Waals surface area contributed by atoms with Gasteiger partial charge in [-0.2, -0.15) is 10.2 Å². The molecule has 0 spiro atoms. The van der Waals surface area contributed by atoms with Crippen LogP contribution in [-0.4, -0.2) is 41.5 Å². The Balaban J connectivity index is 0.000000594. The number of allylic oxidation sites excluding steroid dienone is 5. The van der Waals surface area contributed by atoms with Crippen LogP contribution in [-0.2, 0) is 11.2 Å². The molecule has 41 heavy (non-hydrogen) atoms. The zero-order valence-electron chi connectivity index (χ0n) is 25.8. The largest absolute Gasteiger partial charge is 0.506 e. The van der Waals surface area contributed by atoms with Gasteiger partial charge in [0.25, 0.3) is 5.56 Å². The van der Waals surface area contributed by atoms with Crippen molar-refractivity contribution in [3.63, 3.8) is 0 Å². The maximum absolute atomic E-state index is 12.9. The van der Waals surface area contributed by atoms with Gasteiger partial charge in [-0.1, -0.05) is 71.1 Å². The van der Waals surface area contributed by atoms with Crippen molar-refractivity contribution < 1.29 is 19.4 Å². The van der Waals surface area contributed by atoms with Crippen molar-refractivity contribution in [3.8, 4) is 28.4 Å². The van der Waals surface area contributed by atoms with Crippen molar-refractivity contribution >= 4 is 17.2 Å². The summed E-state index contributed by atoms with van der Waals surface area (Å²) in [5.41, 5.74) is 3.63. The van der Waals surface area contributed by atoms with E-state index in [0.29, 0.717) is 46.9 Å². The van der Waals surface area contributed by atoms with Crippen LogP contribution in [0.25, 0.3) is 11.1 Å². The van der Waals surface area contributed by atoms with Crippen LogP contribution in [0.5, 0.6) is 17.2 Å². The Morgan fingerprint density at radius 3 is 2.20 bits per heavy atom. The summed E-state index contributed by atoms with van der Waals surface area (Å²) >= 11 is 0. The van der Waals surface area contributed by atoms with Crippen molar-refractivity contribution in [2.24, 2.45) is 10.2 Å².